The molecular formula is C21H23N2O4+. The molecule has 2 atom stereocenters. The number of rotatable bonds is 4. The van der Waals surface area contributed by atoms with Crippen LogP contribution in [0.4, 0.5) is 0 Å². The third-order valence-corrected chi connectivity index (χ3v) is 5.28. The molecule has 6 heteroatoms. The number of quaternary nitrogens is 1. The smallest absolute Gasteiger partial charge is 0.364 e. The predicted octanol–water partition coefficient (Wildman–Crippen LogP) is 1.94. The van der Waals surface area contributed by atoms with E-state index >= 15 is 0 Å². The molecular weight excluding hydrogens is 344 g/mol. The number of fused-ring (bicyclic) bond motifs is 3. The number of H-pyrrole nitrogens is 1. The SMILES string of the molecule is COC(=O)[C@@H]1Cc2c([nH]c3ccccc23)[C@H](c2cccc(OC)c2OC)[NH2+]1. The number of carbonyl (C=O) groups excluding carboxylic acids is 1. The summed E-state index contributed by atoms with van der Waals surface area (Å²) in [6.07, 6.45) is 0.620. The lowest BCUT2D eigenvalue weighted by molar-refractivity contribution is -0.712. The van der Waals surface area contributed by atoms with E-state index in [9.17, 15) is 4.79 Å². The van der Waals surface area contributed by atoms with Crippen molar-refractivity contribution >= 4 is 16.9 Å². The molecule has 0 radical (unpaired) electrons. The Morgan fingerprint density at radius 2 is 1.89 bits per heavy atom. The van der Waals surface area contributed by atoms with E-state index in [4.69, 9.17) is 14.2 Å². The molecule has 0 amide bonds. The van der Waals surface area contributed by atoms with Gasteiger partial charge in [-0.3, -0.25) is 0 Å². The molecule has 140 valence electrons. The van der Waals surface area contributed by atoms with Gasteiger partial charge in [0.15, 0.2) is 23.6 Å². The number of methoxy groups -OCH3 is 3. The number of aromatic nitrogens is 1. The van der Waals surface area contributed by atoms with Crippen molar-refractivity contribution in [3.63, 3.8) is 0 Å². The van der Waals surface area contributed by atoms with Crippen molar-refractivity contribution in [1.82, 2.24) is 4.98 Å². The van der Waals surface area contributed by atoms with Gasteiger partial charge in [0.2, 0.25) is 0 Å². The van der Waals surface area contributed by atoms with Gasteiger partial charge in [-0.1, -0.05) is 24.3 Å². The van der Waals surface area contributed by atoms with E-state index in [1.807, 2.05) is 35.6 Å². The van der Waals surface area contributed by atoms with Crippen LogP contribution in [0.25, 0.3) is 10.9 Å². The van der Waals surface area contributed by atoms with Crippen LogP contribution in [0.2, 0.25) is 0 Å². The number of nitrogens with one attached hydrogen (secondary N) is 1. The lowest BCUT2D eigenvalue weighted by Gasteiger charge is -2.28. The number of ether oxygens (including phenoxy) is 3. The van der Waals surface area contributed by atoms with Crippen molar-refractivity contribution in [2.24, 2.45) is 0 Å². The highest BCUT2D eigenvalue weighted by Gasteiger charge is 2.39. The highest BCUT2D eigenvalue weighted by molar-refractivity contribution is 5.86. The second-order valence-electron chi connectivity index (χ2n) is 6.65. The van der Waals surface area contributed by atoms with Gasteiger partial charge in [-0.25, -0.2) is 4.79 Å². The first-order chi connectivity index (χ1) is 13.2. The molecule has 0 saturated carbocycles. The van der Waals surface area contributed by atoms with Gasteiger partial charge in [-0.2, -0.15) is 0 Å². The first-order valence-electron chi connectivity index (χ1n) is 8.91. The van der Waals surface area contributed by atoms with Crippen LogP contribution in [0.15, 0.2) is 42.5 Å². The molecule has 2 heterocycles. The molecule has 1 aliphatic heterocycles. The average molecular weight is 367 g/mol. The van der Waals surface area contributed by atoms with Gasteiger partial charge in [-0.05, 0) is 23.8 Å². The molecule has 1 aromatic heterocycles. The molecule has 4 rings (SSSR count). The number of nitrogens with two attached hydrogens (primary N) is 1. The van der Waals surface area contributed by atoms with Gasteiger partial charge in [0.05, 0.1) is 32.6 Å². The summed E-state index contributed by atoms with van der Waals surface area (Å²) in [5, 5.41) is 3.18. The number of hydrogen-bond acceptors (Lipinski definition) is 4. The van der Waals surface area contributed by atoms with Crippen molar-refractivity contribution in [3.8, 4) is 11.5 Å². The molecule has 3 aromatic rings. The Morgan fingerprint density at radius 3 is 2.63 bits per heavy atom. The fourth-order valence-electron chi connectivity index (χ4n) is 4.05. The van der Waals surface area contributed by atoms with Gasteiger partial charge in [-0.15, -0.1) is 0 Å². The van der Waals surface area contributed by atoms with Crippen LogP contribution < -0.4 is 14.8 Å². The van der Waals surface area contributed by atoms with E-state index in [-0.39, 0.29) is 18.1 Å². The van der Waals surface area contributed by atoms with Crippen LogP contribution in [-0.2, 0) is 16.0 Å². The molecule has 27 heavy (non-hydrogen) atoms. The lowest BCUT2D eigenvalue weighted by Crippen LogP contribution is -2.94. The van der Waals surface area contributed by atoms with Gasteiger partial charge >= 0.3 is 5.97 Å². The van der Waals surface area contributed by atoms with Crippen molar-refractivity contribution in [1.29, 1.82) is 0 Å². The zero-order chi connectivity index (χ0) is 19.0. The first-order valence-corrected chi connectivity index (χ1v) is 8.91. The van der Waals surface area contributed by atoms with E-state index in [2.05, 4.69) is 17.1 Å². The molecule has 6 nitrogen and oxygen atoms in total. The molecule has 0 aliphatic carbocycles. The van der Waals surface area contributed by atoms with Crippen molar-refractivity contribution in [3.05, 3.63) is 59.3 Å². The Morgan fingerprint density at radius 1 is 1.07 bits per heavy atom. The zero-order valence-corrected chi connectivity index (χ0v) is 15.6. The molecule has 0 fully saturated rings. The number of esters is 1. The minimum atomic E-state index is -0.317. The summed E-state index contributed by atoms with van der Waals surface area (Å²) in [5.74, 6) is 1.12. The van der Waals surface area contributed by atoms with Crippen LogP contribution >= 0.6 is 0 Å². The maximum atomic E-state index is 12.4. The van der Waals surface area contributed by atoms with Gasteiger partial charge in [0.25, 0.3) is 0 Å². The number of benzene rings is 2. The van der Waals surface area contributed by atoms with Crippen LogP contribution in [0, 0.1) is 0 Å². The Labute approximate surface area is 157 Å². The Kier molecular flexibility index (Phi) is 4.49. The normalized spacial score (nSPS) is 18.8. The van der Waals surface area contributed by atoms with Gasteiger partial charge < -0.3 is 24.5 Å². The summed E-state index contributed by atoms with van der Waals surface area (Å²) < 4.78 is 16.2. The summed E-state index contributed by atoms with van der Waals surface area (Å²) in [7, 11) is 4.69. The number of aromatic amines is 1. The second-order valence-corrected chi connectivity index (χ2v) is 6.65. The van der Waals surface area contributed by atoms with Gasteiger partial charge in [0, 0.05) is 17.3 Å². The van der Waals surface area contributed by atoms with E-state index in [0.29, 0.717) is 17.9 Å². The Hall–Kier alpha value is -2.99. The first kappa shape index (κ1) is 17.4. The van der Waals surface area contributed by atoms with Crippen LogP contribution in [0.3, 0.4) is 0 Å². The Balaban J connectivity index is 1.92. The highest BCUT2D eigenvalue weighted by atomic mass is 16.5. The predicted molar refractivity (Wildman–Crippen MR) is 101 cm³/mol. The molecule has 0 unspecified atom stereocenters. The van der Waals surface area contributed by atoms with E-state index < -0.39 is 0 Å². The lowest BCUT2D eigenvalue weighted by atomic mass is 9.90. The highest BCUT2D eigenvalue weighted by Crippen LogP contribution is 2.39. The third kappa shape index (κ3) is 2.82. The van der Waals surface area contributed by atoms with E-state index in [0.717, 1.165) is 27.7 Å². The fourth-order valence-corrected chi connectivity index (χ4v) is 4.05. The third-order valence-electron chi connectivity index (χ3n) is 5.28. The maximum Gasteiger partial charge on any atom is 0.364 e. The topological polar surface area (TPSA) is 77.2 Å². The number of para-hydroxylation sites is 2. The number of carbonyl (C=O) groups is 1. The number of hydrogen-bond donors (Lipinski definition) is 2. The average Bonchev–Trinajstić information content (AvgIpc) is 3.10. The summed E-state index contributed by atoms with van der Waals surface area (Å²) in [4.78, 5) is 15.9. The molecule has 2 aromatic carbocycles. The molecule has 3 N–H and O–H groups in total. The minimum Gasteiger partial charge on any atom is -0.493 e. The minimum absolute atomic E-state index is 0.129. The van der Waals surface area contributed by atoms with Crippen molar-refractivity contribution in [2.45, 2.75) is 18.5 Å². The largest absolute Gasteiger partial charge is 0.493 e. The summed E-state index contributed by atoms with van der Waals surface area (Å²) in [6.45, 7) is 0. The molecule has 0 saturated heterocycles. The van der Waals surface area contributed by atoms with Crippen LogP contribution in [-0.4, -0.2) is 38.3 Å². The summed E-state index contributed by atoms with van der Waals surface area (Å²) in [6, 6.07) is 13.5. The zero-order valence-electron chi connectivity index (χ0n) is 15.6. The second kappa shape index (κ2) is 6.96. The summed E-state index contributed by atoms with van der Waals surface area (Å²) >= 11 is 0. The monoisotopic (exact) mass is 367 g/mol. The van der Waals surface area contributed by atoms with Crippen molar-refractivity contribution < 1.29 is 24.3 Å². The van der Waals surface area contributed by atoms with E-state index in [1.165, 1.54) is 7.11 Å². The van der Waals surface area contributed by atoms with Gasteiger partial charge in [0.1, 0.15) is 0 Å². The summed E-state index contributed by atoms with van der Waals surface area (Å²) in [5.41, 5.74) is 4.26. The van der Waals surface area contributed by atoms with Crippen LogP contribution in [0.5, 0.6) is 11.5 Å². The molecule has 0 bridgehead atoms. The van der Waals surface area contributed by atoms with E-state index in [1.54, 1.807) is 14.2 Å². The molecule has 0 spiro atoms. The molecule has 1 aliphatic rings. The van der Waals surface area contributed by atoms with Crippen molar-refractivity contribution in [2.75, 3.05) is 21.3 Å². The van der Waals surface area contributed by atoms with Crippen LogP contribution in [0.1, 0.15) is 22.9 Å². The standard InChI is InChI=1S/C21H22N2O4/c1-25-17-10-6-8-13(20(17)26-2)18-19-14(11-16(23-18)21(24)27-3)12-7-4-5-9-15(12)22-19/h4-10,16,18,22-23H,11H2,1-3H3/p+1/t16-,18-/m0/s1. The Bertz CT molecular complexity index is 995. The maximum absolute atomic E-state index is 12.4. The quantitative estimate of drug-likeness (QED) is 0.691. The fraction of sp³-hybridized carbons (Fsp3) is 0.286.